The van der Waals surface area contributed by atoms with Crippen LogP contribution in [0.3, 0.4) is 0 Å². The molecule has 3 fully saturated rings. The Labute approximate surface area is 308 Å². The van der Waals surface area contributed by atoms with Crippen LogP contribution in [-0.2, 0) is 24.4 Å². The molecule has 2 aromatic heterocycles. The third-order valence-electron chi connectivity index (χ3n) is 11.0. The summed E-state index contributed by atoms with van der Waals surface area (Å²) in [4.78, 5) is 53.5. The smallest absolute Gasteiger partial charge is 0.259 e. The van der Waals surface area contributed by atoms with Crippen molar-refractivity contribution in [1.29, 1.82) is 0 Å². The molecule has 7 rings (SSSR count). The number of aromatic nitrogens is 2. The maximum Gasteiger partial charge on any atom is 0.259 e. The number of rotatable bonds is 8. The zero-order chi connectivity index (χ0) is 36.9. The molecular formula is C38H47N5O7S2. The van der Waals surface area contributed by atoms with Crippen molar-refractivity contribution >= 4 is 50.0 Å². The van der Waals surface area contributed by atoms with Gasteiger partial charge in [-0.1, -0.05) is 26.0 Å². The van der Waals surface area contributed by atoms with Gasteiger partial charge in [0.2, 0.25) is 21.8 Å². The number of nitrogens with zero attached hydrogens (tertiary/aromatic N) is 3. The van der Waals surface area contributed by atoms with Gasteiger partial charge in [-0.3, -0.25) is 19.1 Å². The Hall–Kier alpha value is -4.04. The molecule has 12 nitrogen and oxygen atoms in total. The van der Waals surface area contributed by atoms with Gasteiger partial charge in [-0.15, -0.1) is 11.3 Å². The van der Waals surface area contributed by atoms with E-state index in [0.29, 0.717) is 48.5 Å². The van der Waals surface area contributed by atoms with E-state index in [2.05, 4.69) is 23.9 Å². The van der Waals surface area contributed by atoms with Crippen LogP contribution in [-0.4, -0.2) is 78.6 Å². The lowest BCUT2D eigenvalue weighted by molar-refractivity contribution is -0.140. The van der Waals surface area contributed by atoms with Crippen molar-refractivity contribution in [2.45, 2.75) is 94.9 Å². The zero-order valence-electron chi connectivity index (χ0n) is 30.3. The molecule has 5 atom stereocenters. The number of allylic oxidation sites excluding steroid dienone is 1. The van der Waals surface area contributed by atoms with Crippen LogP contribution in [0.15, 0.2) is 35.7 Å². The lowest BCUT2D eigenvalue weighted by Gasteiger charge is -2.26. The highest BCUT2D eigenvalue weighted by atomic mass is 32.2. The van der Waals surface area contributed by atoms with E-state index in [9.17, 15) is 22.8 Å². The van der Waals surface area contributed by atoms with E-state index in [-0.39, 0.29) is 30.6 Å². The number of fused-ring (bicyclic) bond motifs is 3. The molecule has 1 aliphatic heterocycles. The highest BCUT2D eigenvalue weighted by Gasteiger charge is 2.62. The van der Waals surface area contributed by atoms with Gasteiger partial charge in [0.15, 0.2) is 0 Å². The number of aryl methyl sites for hydroxylation is 1. The van der Waals surface area contributed by atoms with E-state index >= 15 is 0 Å². The molecule has 0 saturated heterocycles. The average molecular weight is 750 g/mol. The van der Waals surface area contributed by atoms with Crippen molar-refractivity contribution < 1.29 is 32.3 Å². The number of methoxy groups -OCH3 is 1. The fourth-order valence-corrected chi connectivity index (χ4v) is 9.85. The minimum absolute atomic E-state index is 0.147. The maximum absolute atomic E-state index is 14.3. The Morgan fingerprint density at radius 3 is 2.60 bits per heavy atom. The Balaban J connectivity index is 1.21. The third-order valence-corrected chi connectivity index (χ3v) is 13.7. The highest BCUT2D eigenvalue weighted by molar-refractivity contribution is 7.91. The van der Waals surface area contributed by atoms with Crippen LogP contribution in [0.2, 0.25) is 0 Å². The Kier molecular flexibility index (Phi) is 9.83. The van der Waals surface area contributed by atoms with E-state index in [0.717, 1.165) is 40.9 Å². The normalized spacial score (nSPS) is 27.4. The number of amides is 3. The predicted molar refractivity (Wildman–Crippen MR) is 199 cm³/mol. The number of hydrogen-bond acceptors (Lipinski definition) is 10. The molecule has 3 aromatic rings. The van der Waals surface area contributed by atoms with Crippen LogP contribution < -0.4 is 19.5 Å². The second-order valence-corrected chi connectivity index (χ2v) is 17.9. The molecule has 3 heterocycles. The molecule has 52 heavy (non-hydrogen) atoms. The minimum Gasteiger partial charge on any atom is -0.496 e. The van der Waals surface area contributed by atoms with E-state index in [1.54, 1.807) is 19.1 Å². The number of thiazole rings is 1. The van der Waals surface area contributed by atoms with Crippen molar-refractivity contribution in [3.8, 4) is 22.2 Å². The van der Waals surface area contributed by atoms with E-state index in [1.807, 2.05) is 42.7 Å². The number of hydrogen-bond donors (Lipinski definition) is 2. The summed E-state index contributed by atoms with van der Waals surface area (Å²) in [6, 6.07) is 5.66. The van der Waals surface area contributed by atoms with Crippen LogP contribution in [0, 0.1) is 24.7 Å². The van der Waals surface area contributed by atoms with Gasteiger partial charge >= 0.3 is 0 Å². The predicted octanol–water partition coefficient (Wildman–Crippen LogP) is 5.25. The molecule has 0 bridgehead atoms. The standard InChI is InChI=1S/C38H47N5O7S2/c1-21(2)30-20-51-35(40-30)29-18-32(26-13-14-31(49-5)22(3)33(26)39-29)50-24-16-27-28(17-24)36(45)43(4)15-9-7-6-8-10-23-19-38(23,41-34(27)44)37(46)42-52(47,48)25-11-12-25/h8,10,13-14,18,20-21,23-25,27-28H,6-7,9,11-12,15-17,19H2,1-5H3,(H,41,44)(H,42,46)/b10-8-/t23-,24+,27?,28?,38+/m0/s1. The average Bonchev–Trinajstić information content (AvgIpc) is 3.98. The molecule has 2 N–H and O–H groups in total. The first kappa shape index (κ1) is 36.3. The molecule has 4 aliphatic rings. The SMILES string of the molecule is COc1ccc2c(O[C@@H]3CC4C(=O)N[C@]5(C(=O)NS(=O)(=O)C6CC6)C[C@@H]5/C=C\CCCCN(C)C(=O)C4C3)cc(-c3nc(C(C)C)cs3)nc2c1C. The maximum atomic E-state index is 14.3. The Bertz CT molecular complexity index is 2040. The number of sulfonamides is 1. The number of ether oxygens (including phenoxy) is 2. The second kappa shape index (κ2) is 14.1. The Morgan fingerprint density at radius 1 is 1.12 bits per heavy atom. The van der Waals surface area contributed by atoms with Crippen molar-refractivity contribution in [2.75, 3.05) is 20.7 Å². The minimum atomic E-state index is -3.83. The first-order valence-corrected chi connectivity index (χ1v) is 20.6. The molecule has 0 spiro atoms. The van der Waals surface area contributed by atoms with Crippen molar-refractivity contribution in [3.63, 3.8) is 0 Å². The van der Waals surface area contributed by atoms with Gasteiger partial charge in [-0.05, 0) is 76.3 Å². The number of benzene rings is 1. The summed E-state index contributed by atoms with van der Waals surface area (Å²) < 4.78 is 40.2. The first-order valence-electron chi connectivity index (χ1n) is 18.2. The third kappa shape index (κ3) is 7.03. The number of nitrogens with one attached hydrogen (secondary N) is 2. The zero-order valence-corrected chi connectivity index (χ0v) is 31.9. The quantitative estimate of drug-likeness (QED) is 0.294. The number of carbonyl (C=O) groups is 3. The van der Waals surface area contributed by atoms with Gasteiger partial charge in [0.25, 0.3) is 5.91 Å². The first-order chi connectivity index (χ1) is 24.8. The number of pyridine rings is 1. The van der Waals surface area contributed by atoms with Crippen LogP contribution >= 0.6 is 11.3 Å². The Morgan fingerprint density at radius 2 is 1.88 bits per heavy atom. The van der Waals surface area contributed by atoms with E-state index in [1.165, 1.54) is 11.3 Å². The van der Waals surface area contributed by atoms with Gasteiger partial charge in [0.1, 0.15) is 33.8 Å². The molecule has 3 aliphatic carbocycles. The van der Waals surface area contributed by atoms with Gasteiger partial charge in [0.05, 0.1) is 35.4 Å². The molecular weight excluding hydrogens is 703 g/mol. The van der Waals surface area contributed by atoms with Gasteiger partial charge < -0.3 is 19.7 Å². The van der Waals surface area contributed by atoms with Crippen LogP contribution in [0.1, 0.15) is 82.4 Å². The van der Waals surface area contributed by atoms with E-state index in [4.69, 9.17) is 19.4 Å². The molecule has 1 aromatic carbocycles. The molecule has 0 radical (unpaired) electrons. The molecule has 14 heteroatoms. The van der Waals surface area contributed by atoms with Gasteiger partial charge in [-0.25, -0.2) is 18.4 Å². The lowest BCUT2D eigenvalue weighted by atomic mass is 9.93. The topological polar surface area (TPSA) is 157 Å². The van der Waals surface area contributed by atoms with Crippen LogP contribution in [0.5, 0.6) is 11.5 Å². The van der Waals surface area contributed by atoms with Crippen molar-refractivity contribution in [2.24, 2.45) is 17.8 Å². The van der Waals surface area contributed by atoms with Gasteiger partial charge in [-0.2, -0.15) is 0 Å². The fourth-order valence-electron chi connectivity index (χ4n) is 7.55. The summed E-state index contributed by atoms with van der Waals surface area (Å²) in [5, 5.41) is 5.95. The molecule has 2 unspecified atom stereocenters. The molecule has 3 saturated carbocycles. The van der Waals surface area contributed by atoms with Crippen molar-refractivity contribution in [1.82, 2.24) is 24.9 Å². The highest BCUT2D eigenvalue weighted by Crippen LogP contribution is 2.47. The fraction of sp³-hybridized carbons (Fsp3) is 0.553. The molecule has 3 amide bonds. The number of carbonyl (C=O) groups excluding carboxylic acids is 3. The summed E-state index contributed by atoms with van der Waals surface area (Å²) in [5.74, 6) is -1.63. The van der Waals surface area contributed by atoms with Crippen LogP contribution in [0.25, 0.3) is 21.6 Å². The second-order valence-electron chi connectivity index (χ2n) is 15.1. The van der Waals surface area contributed by atoms with Gasteiger partial charge in [0, 0.05) is 41.9 Å². The van der Waals surface area contributed by atoms with Crippen LogP contribution in [0.4, 0.5) is 0 Å². The summed E-state index contributed by atoms with van der Waals surface area (Å²) in [6.45, 7) is 6.69. The lowest BCUT2D eigenvalue weighted by Crippen LogP contribution is -2.54. The summed E-state index contributed by atoms with van der Waals surface area (Å²) >= 11 is 1.51. The van der Waals surface area contributed by atoms with Crippen molar-refractivity contribution in [3.05, 3.63) is 47.0 Å². The summed E-state index contributed by atoms with van der Waals surface area (Å²) in [6.07, 6.45) is 7.61. The monoisotopic (exact) mass is 749 g/mol. The largest absolute Gasteiger partial charge is 0.496 e. The molecule has 278 valence electrons. The summed E-state index contributed by atoms with van der Waals surface area (Å²) in [5.41, 5.74) is 1.79. The summed E-state index contributed by atoms with van der Waals surface area (Å²) in [7, 11) is -0.445. The van der Waals surface area contributed by atoms with E-state index < -0.39 is 50.6 Å².